The molecule has 1 aromatic heterocycles. The minimum Gasteiger partial charge on any atom is -0.360 e. The van der Waals surface area contributed by atoms with Gasteiger partial charge >= 0.3 is 0 Å². The average molecular weight is 353 g/mol. The first-order chi connectivity index (χ1) is 12.1. The molecule has 2 fully saturated rings. The summed E-state index contributed by atoms with van der Waals surface area (Å²) < 4.78 is 4.40. The fourth-order valence-electron chi connectivity index (χ4n) is 3.19. The van der Waals surface area contributed by atoms with Crippen LogP contribution in [0, 0.1) is 11.3 Å². The number of nitriles is 1. The van der Waals surface area contributed by atoms with Crippen LogP contribution in [0.4, 0.5) is 10.8 Å². The number of carbonyl (C=O) groups excluding carboxylic acids is 1. The summed E-state index contributed by atoms with van der Waals surface area (Å²) >= 11 is 1.26. The number of hydrogen-bond donors (Lipinski definition) is 1. The molecule has 1 saturated carbocycles. The molecule has 128 valence electrons. The van der Waals surface area contributed by atoms with Crippen LogP contribution in [0.5, 0.6) is 0 Å². The van der Waals surface area contributed by atoms with Gasteiger partial charge in [0.15, 0.2) is 5.82 Å². The van der Waals surface area contributed by atoms with E-state index in [9.17, 15) is 4.79 Å². The molecule has 1 aliphatic carbocycles. The van der Waals surface area contributed by atoms with E-state index in [1.54, 1.807) is 12.1 Å². The molecule has 25 heavy (non-hydrogen) atoms. The smallest absolute Gasteiger partial charge is 0.248 e. The van der Waals surface area contributed by atoms with E-state index in [4.69, 9.17) is 5.26 Å². The minimum atomic E-state index is -0.211. The molecule has 1 atom stereocenters. The zero-order valence-electron chi connectivity index (χ0n) is 14.0. The highest BCUT2D eigenvalue weighted by molar-refractivity contribution is 7.09. The predicted molar refractivity (Wildman–Crippen MR) is 96.6 cm³/mol. The van der Waals surface area contributed by atoms with Crippen molar-refractivity contribution in [2.75, 3.05) is 16.8 Å². The molecule has 1 N–H and O–H groups in total. The number of amides is 1. The Morgan fingerprint density at radius 2 is 2.16 bits per heavy atom. The molecule has 1 saturated heterocycles. The molecule has 0 spiro atoms. The Balaban J connectivity index is 1.46. The van der Waals surface area contributed by atoms with Gasteiger partial charge in [-0.1, -0.05) is 6.92 Å². The van der Waals surface area contributed by atoms with Crippen LogP contribution < -0.4 is 10.2 Å². The van der Waals surface area contributed by atoms with Gasteiger partial charge in [-0.2, -0.15) is 9.64 Å². The maximum Gasteiger partial charge on any atom is 0.248 e. The van der Waals surface area contributed by atoms with Gasteiger partial charge in [0, 0.05) is 29.2 Å². The molecule has 6 nitrogen and oxygen atoms in total. The van der Waals surface area contributed by atoms with E-state index in [0.29, 0.717) is 10.7 Å². The summed E-state index contributed by atoms with van der Waals surface area (Å²) in [4.78, 5) is 19.3. The van der Waals surface area contributed by atoms with E-state index < -0.39 is 0 Å². The SMILES string of the molecule is CC1(c2nsc(NC(=O)C3CCCN3c3ccc(C#N)cc3)n2)CC1. The van der Waals surface area contributed by atoms with Crippen LogP contribution in [0.25, 0.3) is 0 Å². The summed E-state index contributed by atoms with van der Waals surface area (Å²) in [5.74, 6) is 0.814. The van der Waals surface area contributed by atoms with Gasteiger partial charge in [-0.15, -0.1) is 0 Å². The molecule has 0 bridgehead atoms. The summed E-state index contributed by atoms with van der Waals surface area (Å²) in [6.45, 7) is 2.99. The molecule has 1 aromatic carbocycles. The largest absolute Gasteiger partial charge is 0.360 e. The average Bonchev–Trinajstić information content (AvgIpc) is 3.06. The van der Waals surface area contributed by atoms with Crippen LogP contribution in [0.3, 0.4) is 0 Å². The highest BCUT2D eigenvalue weighted by atomic mass is 32.1. The Morgan fingerprint density at radius 1 is 1.40 bits per heavy atom. The molecule has 1 amide bonds. The molecular weight excluding hydrogens is 334 g/mol. The maximum absolute atomic E-state index is 12.7. The Bertz CT molecular complexity index is 834. The van der Waals surface area contributed by atoms with Gasteiger partial charge in [0.05, 0.1) is 11.6 Å². The van der Waals surface area contributed by atoms with Crippen molar-refractivity contribution in [3.8, 4) is 6.07 Å². The van der Waals surface area contributed by atoms with Crippen LogP contribution in [0.1, 0.15) is 44.0 Å². The number of carbonyl (C=O) groups is 1. The standard InChI is InChI=1S/C18H19N5OS/c1-18(8-9-18)16-21-17(25-22-16)20-15(24)14-3-2-10-23(14)13-6-4-12(11-19)5-7-13/h4-7,14H,2-3,8-10H2,1H3,(H,20,21,22,24). The van der Waals surface area contributed by atoms with Crippen molar-refractivity contribution < 1.29 is 4.79 Å². The van der Waals surface area contributed by atoms with Gasteiger partial charge in [-0.3, -0.25) is 10.1 Å². The molecule has 4 rings (SSSR count). The zero-order valence-corrected chi connectivity index (χ0v) is 14.8. The number of nitrogens with one attached hydrogen (secondary N) is 1. The fraction of sp³-hybridized carbons (Fsp3) is 0.444. The van der Waals surface area contributed by atoms with Crippen molar-refractivity contribution >= 4 is 28.3 Å². The summed E-state index contributed by atoms with van der Waals surface area (Å²) in [5, 5.41) is 12.4. The zero-order chi connectivity index (χ0) is 17.4. The molecule has 2 heterocycles. The number of anilines is 2. The predicted octanol–water partition coefficient (Wildman–Crippen LogP) is 3.07. The summed E-state index contributed by atoms with van der Waals surface area (Å²) in [7, 11) is 0. The van der Waals surface area contributed by atoms with Crippen molar-refractivity contribution in [1.29, 1.82) is 5.26 Å². The van der Waals surface area contributed by atoms with Crippen LogP contribution in [0.15, 0.2) is 24.3 Å². The molecular formula is C18H19N5OS. The summed E-state index contributed by atoms with van der Waals surface area (Å²) in [6.07, 6.45) is 4.02. The van der Waals surface area contributed by atoms with Crippen molar-refractivity contribution in [3.63, 3.8) is 0 Å². The lowest BCUT2D eigenvalue weighted by Gasteiger charge is -2.25. The molecule has 1 aliphatic heterocycles. The first-order valence-electron chi connectivity index (χ1n) is 8.51. The first-order valence-corrected chi connectivity index (χ1v) is 9.28. The molecule has 7 heteroatoms. The summed E-state index contributed by atoms with van der Waals surface area (Å²) in [6, 6.07) is 9.29. The quantitative estimate of drug-likeness (QED) is 0.913. The van der Waals surface area contributed by atoms with E-state index in [0.717, 1.165) is 43.7 Å². The Labute approximate surface area is 150 Å². The minimum absolute atomic E-state index is 0.0366. The topological polar surface area (TPSA) is 81.9 Å². The van der Waals surface area contributed by atoms with E-state index in [2.05, 4.69) is 32.6 Å². The maximum atomic E-state index is 12.7. The van der Waals surface area contributed by atoms with Crippen LogP contribution in [-0.2, 0) is 10.2 Å². The van der Waals surface area contributed by atoms with Crippen molar-refractivity contribution in [2.45, 2.75) is 44.1 Å². The number of nitrogens with zero attached hydrogens (tertiary/aromatic N) is 4. The second-order valence-corrected chi connectivity index (χ2v) is 7.73. The van der Waals surface area contributed by atoms with Gasteiger partial charge in [0.2, 0.25) is 11.0 Å². The van der Waals surface area contributed by atoms with Gasteiger partial charge < -0.3 is 4.90 Å². The third-order valence-electron chi connectivity index (χ3n) is 5.08. The summed E-state index contributed by atoms with van der Waals surface area (Å²) in [5.41, 5.74) is 1.71. The monoisotopic (exact) mass is 353 g/mol. The first kappa shape index (κ1) is 16.0. The number of rotatable bonds is 4. The Kier molecular flexibility index (Phi) is 3.92. The van der Waals surface area contributed by atoms with Crippen molar-refractivity contribution in [2.24, 2.45) is 0 Å². The van der Waals surface area contributed by atoms with Crippen molar-refractivity contribution in [1.82, 2.24) is 9.36 Å². The Morgan fingerprint density at radius 3 is 2.84 bits per heavy atom. The Hall–Kier alpha value is -2.46. The van der Waals surface area contributed by atoms with E-state index in [1.165, 1.54) is 11.5 Å². The van der Waals surface area contributed by atoms with Gasteiger partial charge in [-0.25, -0.2) is 4.98 Å². The van der Waals surface area contributed by atoms with Gasteiger partial charge in [0.25, 0.3) is 0 Å². The third kappa shape index (κ3) is 3.10. The third-order valence-corrected chi connectivity index (χ3v) is 5.71. The van der Waals surface area contributed by atoms with Gasteiger partial charge in [-0.05, 0) is 49.9 Å². The van der Waals surface area contributed by atoms with Gasteiger partial charge in [0.1, 0.15) is 6.04 Å². The van der Waals surface area contributed by atoms with E-state index >= 15 is 0 Å². The molecule has 2 aromatic rings. The second-order valence-electron chi connectivity index (χ2n) is 6.98. The lowest BCUT2D eigenvalue weighted by Crippen LogP contribution is -2.39. The second kappa shape index (κ2) is 6.12. The molecule has 0 radical (unpaired) electrons. The van der Waals surface area contributed by atoms with Crippen LogP contribution in [0.2, 0.25) is 0 Å². The number of hydrogen-bond acceptors (Lipinski definition) is 6. The highest BCUT2D eigenvalue weighted by Gasteiger charge is 2.43. The van der Waals surface area contributed by atoms with Crippen LogP contribution in [-0.4, -0.2) is 27.9 Å². The lowest BCUT2D eigenvalue weighted by molar-refractivity contribution is -0.117. The number of aromatic nitrogens is 2. The van der Waals surface area contributed by atoms with Crippen molar-refractivity contribution in [3.05, 3.63) is 35.7 Å². The fourth-order valence-corrected chi connectivity index (χ4v) is 3.90. The lowest BCUT2D eigenvalue weighted by atomic mass is 10.1. The van der Waals surface area contributed by atoms with E-state index in [-0.39, 0.29) is 17.4 Å². The number of benzene rings is 1. The van der Waals surface area contributed by atoms with E-state index in [1.807, 2.05) is 12.1 Å². The van der Waals surface area contributed by atoms with Crippen LogP contribution >= 0.6 is 11.5 Å². The normalized spacial score (nSPS) is 21.0. The molecule has 1 unspecified atom stereocenters. The molecule has 2 aliphatic rings. The highest BCUT2D eigenvalue weighted by Crippen LogP contribution is 2.46.